The first-order valence-corrected chi connectivity index (χ1v) is 8.26. The van der Waals surface area contributed by atoms with Crippen LogP contribution >= 0.6 is 12.4 Å². The molecule has 1 aromatic heterocycles. The summed E-state index contributed by atoms with van der Waals surface area (Å²) in [6.45, 7) is 5.34. The van der Waals surface area contributed by atoms with Crippen LogP contribution in [0.4, 0.5) is 17.2 Å². The minimum absolute atomic E-state index is 0. The van der Waals surface area contributed by atoms with Gasteiger partial charge in [-0.25, -0.2) is 4.98 Å². The van der Waals surface area contributed by atoms with Gasteiger partial charge in [-0.05, 0) is 18.2 Å². The maximum atomic E-state index is 12.8. The Balaban J connectivity index is 0.00000392. The standard InChI is InChI=1S/C19H24N4O4.ClH/c1-19(2,3)18(25)23-13-9-15(27-5)14(26-4)8-12(13)17(24)22-11-6-7-16(20)21-10-11;/h6-10H,1-5H3,(H2,20,21)(H,22,24)(H,23,25);1H. The molecule has 0 unspecified atom stereocenters. The second kappa shape index (κ2) is 9.27. The fraction of sp³-hybridized carbons (Fsp3) is 0.316. The quantitative estimate of drug-likeness (QED) is 0.698. The molecule has 0 bridgehead atoms. The van der Waals surface area contributed by atoms with E-state index in [1.807, 2.05) is 0 Å². The van der Waals surface area contributed by atoms with Gasteiger partial charge in [-0.2, -0.15) is 0 Å². The first-order valence-electron chi connectivity index (χ1n) is 8.26. The molecule has 0 saturated carbocycles. The molecule has 2 amide bonds. The van der Waals surface area contributed by atoms with E-state index in [0.717, 1.165) is 0 Å². The summed E-state index contributed by atoms with van der Waals surface area (Å²) in [7, 11) is 2.95. The van der Waals surface area contributed by atoms with Crippen LogP contribution in [0.1, 0.15) is 31.1 Å². The molecule has 152 valence electrons. The van der Waals surface area contributed by atoms with Crippen molar-refractivity contribution in [1.29, 1.82) is 0 Å². The zero-order valence-electron chi connectivity index (χ0n) is 16.5. The van der Waals surface area contributed by atoms with Gasteiger partial charge in [-0.3, -0.25) is 9.59 Å². The molecule has 28 heavy (non-hydrogen) atoms. The molecule has 2 rings (SSSR count). The number of methoxy groups -OCH3 is 2. The minimum atomic E-state index is -0.637. The second-order valence-corrected chi connectivity index (χ2v) is 6.88. The van der Waals surface area contributed by atoms with Crippen molar-refractivity contribution in [2.45, 2.75) is 20.8 Å². The topological polar surface area (TPSA) is 116 Å². The molecule has 2 aromatic rings. The predicted octanol–water partition coefficient (Wildman–Crippen LogP) is 3.34. The predicted molar refractivity (Wildman–Crippen MR) is 111 cm³/mol. The molecule has 0 atom stereocenters. The van der Waals surface area contributed by atoms with Crippen molar-refractivity contribution in [2.75, 3.05) is 30.6 Å². The van der Waals surface area contributed by atoms with Crippen LogP contribution in [0.3, 0.4) is 0 Å². The first-order chi connectivity index (χ1) is 12.7. The van der Waals surface area contributed by atoms with E-state index in [9.17, 15) is 9.59 Å². The van der Waals surface area contributed by atoms with Crippen LogP contribution in [-0.2, 0) is 4.79 Å². The first kappa shape index (κ1) is 23.0. The molecule has 9 heteroatoms. The number of nitrogens with zero attached hydrogens (tertiary/aromatic N) is 1. The van der Waals surface area contributed by atoms with Gasteiger partial charge in [0.2, 0.25) is 5.91 Å². The third kappa shape index (κ3) is 5.50. The Morgan fingerprint density at radius 1 is 1.04 bits per heavy atom. The van der Waals surface area contributed by atoms with Gasteiger partial charge in [0, 0.05) is 11.5 Å². The van der Waals surface area contributed by atoms with E-state index in [1.165, 1.54) is 26.5 Å². The lowest BCUT2D eigenvalue weighted by atomic mass is 9.95. The van der Waals surface area contributed by atoms with E-state index in [2.05, 4.69) is 15.6 Å². The number of aromatic nitrogens is 1. The van der Waals surface area contributed by atoms with Crippen molar-refractivity contribution in [3.05, 3.63) is 36.0 Å². The molecular weight excluding hydrogens is 384 g/mol. The van der Waals surface area contributed by atoms with Gasteiger partial charge in [-0.1, -0.05) is 20.8 Å². The summed E-state index contributed by atoms with van der Waals surface area (Å²) in [5.41, 5.74) is 5.93. The number of benzene rings is 1. The van der Waals surface area contributed by atoms with Gasteiger partial charge >= 0.3 is 0 Å². The number of nitrogen functional groups attached to an aromatic ring is 1. The lowest BCUT2D eigenvalue weighted by Crippen LogP contribution is -2.29. The van der Waals surface area contributed by atoms with E-state index in [1.54, 1.807) is 39.0 Å². The maximum Gasteiger partial charge on any atom is 0.257 e. The molecule has 4 N–H and O–H groups in total. The summed E-state index contributed by atoms with van der Waals surface area (Å²) in [6, 6.07) is 6.27. The number of halogens is 1. The van der Waals surface area contributed by atoms with E-state index < -0.39 is 11.3 Å². The zero-order chi connectivity index (χ0) is 20.2. The van der Waals surface area contributed by atoms with E-state index in [0.29, 0.717) is 28.7 Å². The SMILES string of the molecule is COc1cc(NC(=O)C(C)(C)C)c(C(=O)Nc2ccc(N)nc2)cc1OC.Cl. The Morgan fingerprint density at radius 2 is 1.64 bits per heavy atom. The molecule has 0 aliphatic carbocycles. The monoisotopic (exact) mass is 408 g/mol. The summed E-state index contributed by atoms with van der Waals surface area (Å²) in [5, 5.41) is 5.50. The fourth-order valence-electron chi connectivity index (χ4n) is 2.16. The number of pyridine rings is 1. The summed E-state index contributed by atoms with van der Waals surface area (Å²) in [5.74, 6) is 0.432. The fourth-order valence-corrected chi connectivity index (χ4v) is 2.16. The lowest BCUT2D eigenvalue weighted by molar-refractivity contribution is -0.123. The van der Waals surface area contributed by atoms with Crippen molar-refractivity contribution in [3.8, 4) is 11.5 Å². The van der Waals surface area contributed by atoms with Crippen molar-refractivity contribution in [1.82, 2.24) is 4.98 Å². The smallest absolute Gasteiger partial charge is 0.257 e. The number of rotatable bonds is 5. The molecule has 0 aliphatic rings. The Bertz CT molecular complexity index is 848. The summed E-state index contributed by atoms with van der Waals surface area (Å²) >= 11 is 0. The molecule has 0 spiro atoms. The molecular formula is C19H25ClN4O4. The highest BCUT2D eigenvalue weighted by Gasteiger charge is 2.25. The van der Waals surface area contributed by atoms with Crippen molar-refractivity contribution >= 4 is 41.4 Å². The summed E-state index contributed by atoms with van der Waals surface area (Å²) in [4.78, 5) is 29.2. The second-order valence-electron chi connectivity index (χ2n) is 6.88. The van der Waals surface area contributed by atoms with Gasteiger partial charge < -0.3 is 25.8 Å². The highest BCUT2D eigenvalue weighted by atomic mass is 35.5. The van der Waals surface area contributed by atoms with Gasteiger partial charge in [0.1, 0.15) is 5.82 Å². The molecule has 1 aromatic carbocycles. The van der Waals surface area contributed by atoms with Gasteiger partial charge in [0.05, 0.1) is 37.4 Å². The van der Waals surface area contributed by atoms with Crippen molar-refractivity contribution in [3.63, 3.8) is 0 Å². The normalized spacial score (nSPS) is 10.5. The number of hydrogen-bond acceptors (Lipinski definition) is 6. The van der Waals surface area contributed by atoms with Crippen molar-refractivity contribution < 1.29 is 19.1 Å². The highest BCUT2D eigenvalue weighted by molar-refractivity contribution is 6.11. The largest absolute Gasteiger partial charge is 0.493 e. The average molecular weight is 409 g/mol. The highest BCUT2D eigenvalue weighted by Crippen LogP contribution is 2.34. The zero-order valence-corrected chi connectivity index (χ0v) is 17.3. The molecule has 0 saturated heterocycles. The number of carbonyl (C=O) groups excluding carboxylic acids is 2. The molecule has 8 nitrogen and oxygen atoms in total. The average Bonchev–Trinajstić information content (AvgIpc) is 2.62. The number of anilines is 3. The van der Waals surface area contributed by atoms with Gasteiger partial charge in [-0.15, -0.1) is 12.4 Å². The maximum absolute atomic E-state index is 12.8. The number of carbonyl (C=O) groups is 2. The van der Waals surface area contributed by atoms with Gasteiger partial charge in [0.15, 0.2) is 11.5 Å². The minimum Gasteiger partial charge on any atom is -0.493 e. The third-order valence-electron chi connectivity index (χ3n) is 3.74. The summed E-state index contributed by atoms with van der Waals surface area (Å²) in [6.07, 6.45) is 1.45. The molecule has 1 heterocycles. The van der Waals surface area contributed by atoms with Crippen LogP contribution in [0.5, 0.6) is 11.5 Å². The van der Waals surface area contributed by atoms with Crippen LogP contribution < -0.4 is 25.8 Å². The van der Waals surface area contributed by atoms with E-state index >= 15 is 0 Å². The number of hydrogen-bond donors (Lipinski definition) is 3. The van der Waals surface area contributed by atoms with Gasteiger partial charge in [0.25, 0.3) is 5.91 Å². The van der Waals surface area contributed by atoms with Crippen LogP contribution in [0.2, 0.25) is 0 Å². The lowest BCUT2D eigenvalue weighted by Gasteiger charge is -2.20. The number of nitrogens with one attached hydrogen (secondary N) is 2. The van der Waals surface area contributed by atoms with Crippen LogP contribution in [0.25, 0.3) is 0 Å². The Hall–Kier alpha value is -3.00. The van der Waals surface area contributed by atoms with E-state index in [-0.39, 0.29) is 23.9 Å². The number of nitrogens with two attached hydrogens (primary N) is 1. The Labute approximate surface area is 170 Å². The number of ether oxygens (including phenoxy) is 2. The Kier molecular flexibility index (Phi) is 7.63. The molecule has 0 radical (unpaired) electrons. The summed E-state index contributed by atoms with van der Waals surface area (Å²) < 4.78 is 10.6. The van der Waals surface area contributed by atoms with Crippen LogP contribution in [0, 0.1) is 5.41 Å². The van der Waals surface area contributed by atoms with Crippen molar-refractivity contribution in [2.24, 2.45) is 5.41 Å². The Morgan fingerprint density at radius 3 is 2.14 bits per heavy atom. The van der Waals surface area contributed by atoms with Crippen LogP contribution in [-0.4, -0.2) is 31.0 Å². The van der Waals surface area contributed by atoms with E-state index in [4.69, 9.17) is 15.2 Å². The van der Waals surface area contributed by atoms with Crippen LogP contribution in [0.15, 0.2) is 30.5 Å². The third-order valence-corrected chi connectivity index (χ3v) is 3.74. The molecule has 0 aliphatic heterocycles. The number of amides is 2. The molecule has 0 fully saturated rings.